The van der Waals surface area contributed by atoms with E-state index in [4.69, 9.17) is 10.00 Å². The average molecular weight is 308 g/mol. The van der Waals surface area contributed by atoms with Gasteiger partial charge in [-0.15, -0.1) is 0 Å². The fourth-order valence-corrected chi connectivity index (χ4v) is 1.93. The minimum absolute atomic E-state index is 0.0306. The normalized spacial score (nSPS) is 11.2. The number of rotatable bonds is 5. The van der Waals surface area contributed by atoms with E-state index in [1.807, 2.05) is 6.07 Å². The molecular formula is C18H16N2O3. The zero-order valence-corrected chi connectivity index (χ0v) is 12.9. The zero-order valence-electron chi connectivity index (χ0n) is 12.9. The quantitative estimate of drug-likeness (QED) is 0.860. The molecule has 0 heterocycles. The van der Waals surface area contributed by atoms with E-state index in [9.17, 15) is 9.59 Å². The number of amides is 1. The summed E-state index contributed by atoms with van der Waals surface area (Å²) in [5.74, 6) is 0.110. The standard InChI is InChI=1S/C18H16N2O3/c1-12(21)15-6-8-16(9-7-15)20-18(22)13(2)23-17-5-3-4-14(10-17)11-19/h3-10,13H,1-2H3,(H,20,22). The lowest BCUT2D eigenvalue weighted by atomic mass is 10.1. The Bertz CT molecular complexity index is 761. The van der Waals surface area contributed by atoms with Gasteiger partial charge in [-0.05, 0) is 56.3 Å². The first-order valence-corrected chi connectivity index (χ1v) is 7.08. The van der Waals surface area contributed by atoms with Crippen molar-refractivity contribution in [1.82, 2.24) is 0 Å². The molecule has 5 heteroatoms. The summed E-state index contributed by atoms with van der Waals surface area (Å²) in [6.07, 6.45) is -0.726. The minimum Gasteiger partial charge on any atom is -0.481 e. The zero-order chi connectivity index (χ0) is 16.8. The molecule has 1 N–H and O–H groups in total. The highest BCUT2D eigenvalue weighted by Gasteiger charge is 2.15. The number of carbonyl (C=O) groups is 2. The fourth-order valence-electron chi connectivity index (χ4n) is 1.93. The van der Waals surface area contributed by atoms with Gasteiger partial charge in [0.05, 0.1) is 11.6 Å². The second kappa shape index (κ2) is 7.23. The number of hydrogen-bond acceptors (Lipinski definition) is 4. The van der Waals surface area contributed by atoms with Crippen molar-refractivity contribution in [2.24, 2.45) is 0 Å². The van der Waals surface area contributed by atoms with Crippen molar-refractivity contribution in [3.05, 3.63) is 59.7 Å². The van der Waals surface area contributed by atoms with Gasteiger partial charge in [0.1, 0.15) is 5.75 Å². The number of nitrogens with one attached hydrogen (secondary N) is 1. The molecule has 0 radical (unpaired) electrons. The third kappa shape index (κ3) is 4.42. The van der Waals surface area contributed by atoms with E-state index in [1.165, 1.54) is 6.92 Å². The van der Waals surface area contributed by atoms with Crippen LogP contribution >= 0.6 is 0 Å². The third-order valence-corrected chi connectivity index (χ3v) is 3.20. The smallest absolute Gasteiger partial charge is 0.265 e. The van der Waals surface area contributed by atoms with Crippen LogP contribution in [0, 0.1) is 11.3 Å². The molecule has 2 aromatic rings. The van der Waals surface area contributed by atoms with Crippen LogP contribution in [0.1, 0.15) is 29.8 Å². The number of ketones is 1. The SMILES string of the molecule is CC(=O)c1ccc(NC(=O)C(C)Oc2cccc(C#N)c2)cc1. The molecule has 116 valence electrons. The predicted octanol–water partition coefficient (Wildman–Crippen LogP) is 3.17. The van der Waals surface area contributed by atoms with E-state index < -0.39 is 6.10 Å². The van der Waals surface area contributed by atoms with E-state index in [2.05, 4.69) is 5.32 Å². The Labute approximate surface area is 134 Å². The van der Waals surface area contributed by atoms with Crippen molar-refractivity contribution in [3.8, 4) is 11.8 Å². The number of hydrogen-bond donors (Lipinski definition) is 1. The topological polar surface area (TPSA) is 79.2 Å². The van der Waals surface area contributed by atoms with Crippen molar-refractivity contribution in [2.45, 2.75) is 20.0 Å². The molecule has 5 nitrogen and oxygen atoms in total. The molecule has 0 aliphatic heterocycles. The molecule has 0 fully saturated rings. The summed E-state index contributed by atoms with van der Waals surface area (Å²) in [4.78, 5) is 23.3. The summed E-state index contributed by atoms with van der Waals surface area (Å²) in [6, 6.07) is 15.3. The second-order valence-corrected chi connectivity index (χ2v) is 5.02. The molecule has 1 amide bonds. The number of carbonyl (C=O) groups excluding carboxylic acids is 2. The molecule has 0 aliphatic carbocycles. The Morgan fingerprint density at radius 2 is 1.87 bits per heavy atom. The van der Waals surface area contributed by atoms with Crippen LogP contribution in [-0.2, 0) is 4.79 Å². The van der Waals surface area contributed by atoms with E-state index in [-0.39, 0.29) is 11.7 Å². The lowest BCUT2D eigenvalue weighted by molar-refractivity contribution is -0.122. The van der Waals surface area contributed by atoms with Crippen LogP contribution in [-0.4, -0.2) is 17.8 Å². The van der Waals surface area contributed by atoms with Crippen LogP contribution in [0.5, 0.6) is 5.75 Å². The molecule has 1 atom stereocenters. The van der Waals surface area contributed by atoms with Crippen LogP contribution in [0.25, 0.3) is 0 Å². The highest BCUT2D eigenvalue weighted by molar-refractivity contribution is 5.96. The van der Waals surface area contributed by atoms with Crippen molar-refractivity contribution in [3.63, 3.8) is 0 Å². The first-order valence-electron chi connectivity index (χ1n) is 7.08. The van der Waals surface area contributed by atoms with Gasteiger partial charge in [-0.25, -0.2) is 0 Å². The Hall–Kier alpha value is -3.13. The Kier molecular flexibility index (Phi) is 5.11. The lowest BCUT2D eigenvalue weighted by Crippen LogP contribution is -2.30. The molecular weight excluding hydrogens is 292 g/mol. The van der Waals surface area contributed by atoms with E-state index in [0.29, 0.717) is 22.6 Å². The summed E-state index contributed by atoms with van der Waals surface area (Å²) in [5, 5.41) is 11.6. The Balaban J connectivity index is 1.99. The van der Waals surface area contributed by atoms with Gasteiger partial charge >= 0.3 is 0 Å². The summed E-state index contributed by atoms with van der Waals surface area (Å²) in [6.45, 7) is 3.11. The van der Waals surface area contributed by atoms with E-state index in [1.54, 1.807) is 55.5 Å². The molecule has 2 rings (SSSR count). The van der Waals surface area contributed by atoms with Gasteiger partial charge in [0, 0.05) is 11.3 Å². The molecule has 0 spiro atoms. The van der Waals surface area contributed by atoms with Gasteiger partial charge in [0.2, 0.25) is 0 Å². The van der Waals surface area contributed by atoms with Crippen molar-refractivity contribution >= 4 is 17.4 Å². The molecule has 0 saturated heterocycles. The molecule has 0 aromatic heterocycles. The molecule has 0 aliphatic rings. The van der Waals surface area contributed by atoms with Crippen LogP contribution in [0.15, 0.2) is 48.5 Å². The summed E-state index contributed by atoms with van der Waals surface area (Å²) in [7, 11) is 0. The number of ether oxygens (including phenoxy) is 1. The number of Topliss-reactive ketones (excluding diaryl/α,β-unsaturated/α-hetero) is 1. The van der Waals surface area contributed by atoms with Crippen molar-refractivity contribution in [2.75, 3.05) is 5.32 Å². The largest absolute Gasteiger partial charge is 0.481 e. The Morgan fingerprint density at radius 3 is 2.48 bits per heavy atom. The number of anilines is 1. The summed E-state index contributed by atoms with van der Waals surface area (Å²) < 4.78 is 5.54. The van der Waals surface area contributed by atoms with Gasteiger partial charge in [0.25, 0.3) is 5.91 Å². The maximum atomic E-state index is 12.1. The first-order chi connectivity index (χ1) is 11.0. The van der Waals surface area contributed by atoms with Gasteiger partial charge < -0.3 is 10.1 Å². The van der Waals surface area contributed by atoms with Crippen LogP contribution in [0.3, 0.4) is 0 Å². The van der Waals surface area contributed by atoms with Gasteiger partial charge in [-0.1, -0.05) is 6.07 Å². The molecule has 1 unspecified atom stereocenters. The number of nitrogens with zero attached hydrogens (tertiary/aromatic N) is 1. The van der Waals surface area contributed by atoms with Crippen LogP contribution < -0.4 is 10.1 Å². The maximum absolute atomic E-state index is 12.1. The lowest BCUT2D eigenvalue weighted by Gasteiger charge is -2.15. The predicted molar refractivity (Wildman–Crippen MR) is 86.3 cm³/mol. The molecule has 0 bridgehead atoms. The molecule has 2 aromatic carbocycles. The average Bonchev–Trinajstić information content (AvgIpc) is 2.55. The molecule has 23 heavy (non-hydrogen) atoms. The Morgan fingerprint density at radius 1 is 1.17 bits per heavy atom. The van der Waals surface area contributed by atoms with Gasteiger partial charge in [-0.2, -0.15) is 5.26 Å². The minimum atomic E-state index is -0.726. The highest BCUT2D eigenvalue weighted by atomic mass is 16.5. The van der Waals surface area contributed by atoms with Gasteiger partial charge in [0.15, 0.2) is 11.9 Å². The maximum Gasteiger partial charge on any atom is 0.265 e. The number of benzene rings is 2. The first kappa shape index (κ1) is 16.2. The van der Waals surface area contributed by atoms with Crippen LogP contribution in [0.4, 0.5) is 5.69 Å². The van der Waals surface area contributed by atoms with Crippen molar-refractivity contribution < 1.29 is 14.3 Å². The second-order valence-electron chi connectivity index (χ2n) is 5.02. The van der Waals surface area contributed by atoms with E-state index >= 15 is 0 Å². The monoisotopic (exact) mass is 308 g/mol. The number of nitriles is 1. The van der Waals surface area contributed by atoms with Gasteiger partial charge in [-0.3, -0.25) is 9.59 Å². The third-order valence-electron chi connectivity index (χ3n) is 3.20. The van der Waals surface area contributed by atoms with E-state index in [0.717, 1.165) is 0 Å². The molecule has 0 saturated carbocycles. The summed E-state index contributed by atoms with van der Waals surface area (Å²) >= 11 is 0. The van der Waals surface area contributed by atoms with Crippen LogP contribution in [0.2, 0.25) is 0 Å². The highest BCUT2D eigenvalue weighted by Crippen LogP contribution is 2.16. The summed E-state index contributed by atoms with van der Waals surface area (Å²) in [5.41, 5.74) is 1.64. The fraction of sp³-hybridized carbons (Fsp3) is 0.167. The van der Waals surface area contributed by atoms with Crippen molar-refractivity contribution in [1.29, 1.82) is 5.26 Å².